The molecule has 4 nitrogen and oxygen atoms in total. The van der Waals surface area contributed by atoms with E-state index < -0.39 is 0 Å². The van der Waals surface area contributed by atoms with Crippen LogP contribution in [0.4, 0.5) is 0 Å². The number of nitrogens with zero attached hydrogens (tertiary/aromatic N) is 2. The van der Waals surface area contributed by atoms with E-state index in [9.17, 15) is 4.79 Å². The fraction of sp³-hybridized carbons (Fsp3) is 0.800. The van der Waals surface area contributed by atoms with E-state index in [4.69, 9.17) is 10.4 Å². The zero-order valence-corrected chi connectivity index (χ0v) is 8.44. The van der Waals surface area contributed by atoms with Gasteiger partial charge in [0.05, 0.1) is 12.5 Å². The van der Waals surface area contributed by atoms with Crippen LogP contribution < -0.4 is 0 Å². The van der Waals surface area contributed by atoms with Crippen molar-refractivity contribution in [3.8, 4) is 6.07 Å². The summed E-state index contributed by atoms with van der Waals surface area (Å²) in [7, 11) is 0. The predicted octanol–water partition coefficient (Wildman–Crippen LogP) is 0.519. The Morgan fingerprint density at radius 1 is 1.79 bits per heavy atom. The number of amides is 1. The number of aliphatic hydroxyl groups is 1. The van der Waals surface area contributed by atoms with Crippen LogP contribution in [-0.4, -0.2) is 35.1 Å². The Morgan fingerprint density at radius 2 is 2.50 bits per heavy atom. The first kappa shape index (κ1) is 11.0. The summed E-state index contributed by atoms with van der Waals surface area (Å²) in [5, 5.41) is 17.5. The average Bonchev–Trinajstić information content (AvgIpc) is 2.56. The molecule has 2 unspecified atom stereocenters. The zero-order valence-electron chi connectivity index (χ0n) is 8.44. The molecule has 0 aromatic carbocycles. The number of carbonyl (C=O) groups is 1. The number of nitriles is 1. The third kappa shape index (κ3) is 2.24. The summed E-state index contributed by atoms with van der Waals surface area (Å²) in [5.41, 5.74) is 0. The largest absolute Gasteiger partial charge is 0.396 e. The van der Waals surface area contributed by atoms with E-state index >= 15 is 0 Å². The molecule has 1 N–H and O–H groups in total. The highest BCUT2D eigenvalue weighted by atomic mass is 16.3. The van der Waals surface area contributed by atoms with E-state index in [1.807, 2.05) is 6.92 Å². The molecule has 1 fully saturated rings. The van der Waals surface area contributed by atoms with Gasteiger partial charge in [-0.15, -0.1) is 0 Å². The van der Waals surface area contributed by atoms with Gasteiger partial charge in [-0.2, -0.15) is 5.26 Å². The lowest BCUT2D eigenvalue weighted by Crippen LogP contribution is -2.36. The van der Waals surface area contributed by atoms with E-state index in [1.165, 1.54) is 0 Å². The van der Waals surface area contributed by atoms with Gasteiger partial charge in [0.25, 0.3) is 0 Å². The third-order valence-corrected chi connectivity index (χ3v) is 2.74. The van der Waals surface area contributed by atoms with Crippen LogP contribution in [0.1, 0.15) is 26.2 Å². The molecule has 14 heavy (non-hydrogen) atoms. The molecule has 2 atom stereocenters. The minimum absolute atomic E-state index is 0.0315. The van der Waals surface area contributed by atoms with Gasteiger partial charge in [0.15, 0.2) is 0 Å². The van der Waals surface area contributed by atoms with Crippen LogP contribution in [0.2, 0.25) is 0 Å². The molecule has 1 rings (SSSR count). The highest BCUT2D eigenvalue weighted by molar-refractivity contribution is 5.79. The predicted molar refractivity (Wildman–Crippen MR) is 51.2 cm³/mol. The summed E-state index contributed by atoms with van der Waals surface area (Å²) >= 11 is 0. The third-order valence-electron chi connectivity index (χ3n) is 2.74. The van der Waals surface area contributed by atoms with Crippen LogP contribution in [0, 0.1) is 17.2 Å². The van der Waals surface area contributed by atoms with E-state index in [-0.39, 0.29) is 24.5 Å². The molecule has 1 heterocycles. The topological polar surface area (TPSA) is 64.3 Å². The van der Waals surface area contributed by atoms with Crippen LogP contribution in [0.5, 0.6) is 0 Å². The van der Waals surface area contributed by atoms with Crippen LogP contribution >= 0.6 is 0 Å². The molecule has 0 aromatic rings. The molecule has 1 saturated heterocycles. The van der Waals surface area contributed by atoms with Gasteiger partial charge in [-0.25, -0.2) is 0 Å². The highest BCUT2D eigenvalue weighted by Crippen LogP contribution is 2.22. The molecular formula is C10H16N2O2. The molecule has 1 aliphatic rings. The van der Waals surface area contributed by atoms with Crippen molar-refractivity contribution in [2.75, 3.05) is 13.2 Å². The van der Waals surface area contributed by atoms with E-state index in [2.05, 4.69) is 6.07 Å². The lowest BCUT2D eigenvalue weighted by molar-refractivity contribution is -0.129. The summed E-state index contributed by atoms with van der Waals surface area (Å²) in [4.78, 5) is 13.3. The summed E-state index contributed by atoms with van der Waals surface area (Å²) in [6, 6.07) is 2.12. The molecule has 0 spiro atoms. The van der Waals surface area contributed by atoms with Gasteiger partial charge in [-0.1, -0.05) is 6.92 Å². The van der Waals surface area contributed by atoms with Crippen molar-refractivity contribution >= 4 is 5.91 Å². The second-order valence-electron chi connectivity index (χ2n) is 3.72. The molecule has 0 radical (unpaired) electrons. The van der Waals surface area contributed by atoms with Crippen molar-refractivity contribution in [1.29, 1.82) is 5.26 Å². The molecule has 1 aliphatic heterocycles. The lowest BCUT2D eigenvalue weighted by Gasteiger charge is -2.24. The Balaban J connectivity index is 2.59. The van der Waals surface area contributed by atoms with Crippen LogP contribution in [0.15, 0.2) is 0 Å². The zero-order chi connectivity index (χ0) is 10.6. The molecule has 0 aliphatic carbocycles. The van der Waals surface area contributed by atoms with Crippen molar-refractivity contribution in [2.45, 2.75) is 32.2 Å². The first-order valence-electron chi connectivity index (χ1n) is 5.00. The maximum absolute atomic E-state index is 11.5. The maximum Gasteiger partial charge on any atom is 0.223 e. The molecule has 4 heteroatoms. The minimum atomic E-state index is 0.0315. The van der Waals surface area contributed by atoms with E-state index in [0.717, 1.165) is 6.42 Å². The molecule has 78 valence electrons. The van der Waals surface area contributed by atoms with Gasteiger partial charge in [-0.05, 0) is 6.42 Å². The van der Waals surface area contributed by atoms with Gasteiger partial charge >= 0.3 is 0 Å². The fourth-order valence-electron chi connectivity index (χ4n) is 1.86. The second-order valence-corrected chi connectivity index (χ2v) is 3.72. The number of hydrogen-bond donors (Lipinski definition) is 1. The number of aliphatic hydroxyl groups excluding tert-OH is 1. The molecule has 0 saturated carbocycles. The lowest BCUT2D eigenvalue weighted by atomic mass is 10.1. The molecular weight excluding hydrogens is 180 g/mol. The summed E-state index contributed by atoms with van der Waals surface area (Å²) in [6.45, 7) is 2.64. The maximum atomic E-state index is 11.5. The van der Waals surface area contributed by atoms with Gasteiger partial charge in [0, 0.05) is 31.5 Å². The minimum Gasteiger partial charge on any atom is -0.396 e. The van der Waals surface area contributed by atoms with Crippen molar-refractivity contribution < 1.29 is 9.90 Å². The SMILES string of the molecule is CCC(CC#N)N1CC(CO)CC1=O. The normalized spacial score (nSPS) is 23.6. The van der Waals surface area contributed by atoms with E-state index in [0.29, 0.717) is 19.4 Å². The van der Waals surface area contributed by atoms with Crippen LogP contribution in [0.25, 0.3) is 0 Å². The Hall–Kier alpha value is -1.08. The number of rotatable bonds is 4. The molecule has 0 bridgehead atoms. The quantitative estimate of drug-likeness (QED) is 0.713. The standard InChI is InChI=1S/C10H16N2O2/c1-2-9(3-4-11)12-6-8(7-13)5-10(12)14/h8-9,13H,2-3,5-7H2,1H3. The van der Waals surface area contributed by atoms with Gasteiger partial charge < -0.3 is 10.0 Å². The van der Waals surface area contributed by atoms with Crippen molar-refractivity contribution in [3.05, 3.63) is 0 Å². The number of hydrogen-bond acceptors (Lipinski definition) is 3. The molecule has 1 amide bonds. The Kier molecular flexibility index (Phi) is 3.90. The first-order valence-corrected chi connectivity index (χ1v) is 5.00. The summed E-state index contributed by atoms with van der Waals surface area (Å²) < 4.78 is 0. The Morgan fingerprint density at radius 3 is 2.93 bits per heavy atom. The van der Waals surface area contributed by atoms with Crippen molar-refractivity contribution in [2.24, 2.45) is 5.92 Å². The number of likely N-dealkylation sites (tertiary alicyclic amines) is 1. The van der Waals surface area contributed by atoms with E-state index in [1.54, 1.807) is 4.90 Å². The number of carbonyl (C=O) groups excluding carboxylic acids is 1. The Labute approximate surface area is 84.1 Å². The summed E-state index contributed by atoms with van der Waals surface area (Å²) in [5.74, 6) is 0.140. The fourth-order valence-corrected chi connectivity index (χ4v) is 1.86. The highest BCUT2D eigenvalue weighted by Gasteiger charge is 2.32. The van der Waals surface area contributed by atoms with Crippen LogP contribution in [-0.2, 0) is 4.79 Å². The van der Waals surface area contributed by atoms with Gasteiger partial charge in [-0.3, -0.25) is 4.79 Å². The monoisotopic (exact) mass is 196 g/mol. The van der Waals surface area contributed by atoms with Crippen molar-refractivity contribution in [3.63, 3.8) is 0 Å². The van der Waals surface area contributed by atoms with Crippen molar-refractivity contribution in [1.82, 2.24) is 4.90 Å². The van der Waals surface area contributed by atoms with Gasteiger partial charge in [0.2, 0.25) is 5.91 Å². The van der Waals surface area contributed by atoms with Gasteiger partial charge in [0.1, 0.15) is 0 Å². The summed E-state index contributed by atoms with van der Waals surface area (Å²) in [6.07, 6.45) is 1.62. The Bertz CT molecular complexity index is 247. The first-order chi connectivity index (χ1) is 6.72. The smallest absolute Gasteiger partial charge is 0.223 e. The van der Waals surface area contributed by atoms with Crippen LogP contribution in [0.3, 0.4) is 0 Å². The second kappa shape index (κ2) is 4.97. The molecule has 0 aromatic heterocycles. The average molecular weight is 196 g/mol.